The third-order valence-electron chi connectivity index (χ3n) is 0.825. The maximum atomic E-state index is 9.50. The fourth-order valence-electron chi connectivity index (χ4n) is 0.493. The number of hydrogen-bond acceptors (Lipinski definition) is 7. The minimum absolute atomic E-state index is 0. The van der Waals surface area contributed by atoms with Gasteiger partial charge >= 0.3 is 29.6 Å². The van der Waals surface area contributed by atoms with Gasteiger partial charge in [-0.05, 0) is 6.92 Å². The molecule has 0 saturated heterocycles. The van der Waals surface area contributed by atoms with Gasteiger partial charge in [-0.1, -0.05) is 0 Å². The van der Waals surface area contributed by atoms with E-state index in [0.717, 1.165) is 20.0 Å². The maximum Gasteiger partial charge on any atom is 1.00 e. The summed E-state index contributed by atoms with van der Waals surface area (Å²) in [6.07, 6.45) is 0.178. The number of nitrogens with zero attached hydrogens (tertiary/aromatic N) is 1. The molecule has 78 valence electrons. The first kappa shape index (κ1) is 16.7. The molecule has 0 aromatic rings. The summed E-state index contributed by atoms with van der Waals surface area (Å²) >= 11 is 0. The summed E-state index contributed by atoms with van der Waals surface area (Å²) in [6, 6.07) is 0. The van der Waals surface area contributed by atoms with Gasteiger partial charge in [0.1, 0.15) is 0 Å². The van der Waals surface area contributed by atoms with Crippen LogP contribution in [0.2, 0.25) is 0 Å². The Labute approximate surface area is 105 Å². The van der Waals surface area contributed by atoms with Crippen LogP contribution in [0.5, 0.6) is 0 Å². The number of rotatable bonds is 2. The van der Waals surface area contributed by atoms with Gasteiger partial charge in [-0.25, -0.2) is 12.6 Å². The molecule has 1 rings (SSSR count). The second-order valence-electron chi connectivity index (χ2n) is 2.09. The second kappa shape index (κ2) is 8.60. The van der Waals surface area contributed by atoms with Crippen LogP contribution in [-0.4, -0.2) is 43.8 Å². The molecule has 0 spiro atoms. The largest absolute Gasteiger partial charge is 1.00 e. The smallest absolute Gasteiger partial charge is 0.725 e. The van der Waals surface area contributed by atoms with Crippen molar-refractivity contribution in [1.29, 1.82) is 0 Å². The zero-order chi connectivity index (χ0) is 10.3. The van der Waals surface area contributed by atoms with Gasteiger partial charge in [-0.15, -0.1) is 0 Å². The van der Waals surface area contributed by atoms with Crippen LogP contribution in [0.25, 0.3) is 0 Å². The van der Waals surface area contributed by atoms with Gasteiger partial charge in [0, 0.05) is 6.54 Å². The van der Waals surface area contributed by atoms with Crippen molar-refractivity contribution in [3.8, 4) is 0 Å². The summed E-state index contributed by atoms with van der Waals surface area (Å²) in [5.74, 6) is 0. The van der Waals surface area contributed by atoms with E-state index in [1.165, 1.54) is 0 Å². The van der Waals surface area contributed by atoms with Crippen LogP contribution in [0, 0.1) is 0 Å². The van der Waals surface area contributed by atoms with Crippen molar-refractivity contribution in [1.82, 2.24) is 5.32 Å². The van der Waals surface area contributed by atoms with Crippen LogP contribution in [0.1, 0.15) is 6.92 Å². The third kappa shape index (κ3) is 14.8. The van der Waals surface area contributed by atoms with Crippen LogP contribution in [0.15, 0.2) is 4.99 Å². The van der Waals surface area contributed by atoms with E-state index < -0.39 is 16.7 Å². The zero-order valence-electron chi connectivity index (χ0n) is 8.00. The minimum Gasteiger partial charge on any atom is -0.725 e. The minimum atomic E-state index is -4.72. The Morgan fingerprint density at radius 3 is 2.36 bits per heavy atom. The van der Waals surface area contributed by atoms with E-state index >= 15 is 0 Å². The van der Waals surface area contributed by atoms with Gasteiger partial charge in [0.25, 0.3) is 0 Å². The Balaban J connectivity index is 0. The van der Waals surface area contributed by atoms with Crippen LogP contribution in [0.4, 0.5) is 0 Å². The second-order valence-corrected chi connectivity index (χ2v) is 3.10. The Morgan fingerprint density at radius 1 is 1.71 bits per heavy atom. The van der Waals surface area contributed by atoms with E-state index in [1.54, 1.807) is 6.34 Å². The average molecular weight is 234 g/mol. The summed E-state index contributed by atoms with van der Waals surface area (Å²) < 4.78 is 31.9. The predicted molar refractivity (Wildman–Crippen MR) is 43.8 cm³/mol. The molecule has 9 heteroatoms. The van der Waals surface area contributed by atoms with Gasteiger partial charge in [0.15, 0.2) is 6.29 Å². The standard InChI is InChI=1S/C3H6N2.C2H6O5S.Na/c1-2-5-3-4-1;1-2(3)7-8(4,5)6;/h3H,1-2H2,(H,4,5);2-3H,1H3,(H,4,5,6);/q;;+1/p-1. The topological polar surface area (TPSA) is 111 Å². The molecule has 1 aliphatic heterocycles. The summed E-state index contributed by atoms with van der Waals surface area (Å²) in [7, 11) is -4.72. The van der Waals surface area contributed by atoms with Crippen molar-refractivity contribution in [3.05, 3.63) is 0 Å². The predicted octanol–water partition coefficient (Wildman–Crippen LogP) is -4.58. The summed E-state index contributed by atoms with van der Waals surface area (Å²) in [5.41, 5.74) is 0. The van der Waals surface area contributed by atoms with Crippen molar-refractivity contribution in [3.63, 3.8) is 0 Å². The number of nitrogens with one attached hydrogen (secondary N) is 1. The molecular formula is C5H11N2NaO5S. The molecule has 0 saturated carbocycles. The van der Waals surface area contributed by atoms with Crippen molar-refractivity contribution in [2.75, 3.05) is 13.1 Å². The van der Waals surface area contributed by atoms with Crippen LogP contribution < -0.4 is 34.9 Å². The maximum absolute atomic E-state index is 9.50. The Kier molecular flexibility index (Phi) is 10.3. The molecule has 0 bridgehead atoms. The van der Waals surface area contributed by atoms with Crippen LogP contribution in [-0.2, 0) is 14.6 Å². The molecule has 2 N–H and O–H groups in total. The first-order valence-corrected chi connectivity index (χ1v) is 4.79. The molecule has 0 aromatic heterocycles. The summed E-state index contributed by atoms with van der Waals surface area (Å²) in [6.45, 7) is 3.01. The van der Waals surface area contributed by atoms with E-state index in [9.17, 15) is 13.0 Å². The SMILES string of the molecule is C1=NCCN1.CC(O)OS(=O)(=O)[O-].[Na+]. The molecule has 14 heavy (non-hydrogen) atoms. The van der Waals surface area contributed by atoms with Gasteiger partial charge in [0.05, 0.1) is 12.9 Å². The quantitative estimate of drug-likeness (QED) is 0.215. The first-order valence-electron chi connectivity index (χ1n) is 3.45. The van der Waals surface area contributed by atoms with Crippen molar-refractivity contribution < 1.29 is 51.8 Å². The van der Waals surface area contributed by atoms with Gasteiger partial charge in [0.2, 0.25) is 10.4 Å². The Bertz CT molecular complexity index is 247. The summed E-state index contributed by atoms with van der Waals surface area (Å²) in [5, 5.41) is 11.0. The first-order chi connectivity index (χ1) is 5.92. The summed E-state index contributed by atoms with van der Waals surface area (Å²) in [4.78, 5) is 3.85. The molecule has 1 atom stereocenters. The third-order valence-corrected chi connectivity index (χ3v) is 1.34. The van der Waals surface area contributed by atoms with Gasteiger partial charge in [-0.3, -0.25) is 4.99 Å². The van der Waals surface area contributed by atoms with E-state index in [0.29, 0.717) is 0 Å². The van der Waals surface area contributed by atoms with Crippen molar-refractivity contribution in [2.24, 2.45) is 4.99 Å². The zero-order valence-corrected chi connectivity index (χ0v) is 10.8. The molecular weight excluding hydrogens is 223 g/mol. The number of hydrogen-bond donors (Lipinski definition) is 2. The molecule has 0 aromatic carbocycles. The molecule has 0 radical (unpaired) electrons. The molecule has 0 amide bonds. The van der Waals surface area contributed by atoms with E-state index in [4.69, 9.17) is 5.11 Å². The van der Waals surface area contributed by atoms with Crippen LogP contribution >= 0.6 is 0 Å². The fraction of sp³-hybridized carbons (Fsp3) is 0.800. The average Bonchev–Trinajstić information content (AvgIpc) is 2.33. The monoisotopic (exact) mass is 234 g/mol. The van der Waals surface area contributed by atoms with E-state index in [1.807, 2.05) is 0 Å². The van der Waals surface area contributed by atoms with Crippen LogP contribution in [0.3, 0.4) is 0 Å². The number of aliphatic hydroxyl groups excluding tert-OH is 1. The normalized spacial score (nSPS) is 15.9. The van der Waals surface area contributed by atoms with Gasteiger partial charge < -0.3 is 15.0 Å². The number of aliphatic hydroxyl groups is 1. The van der Waals surface area contributed by atoms with Gasteiger partial charge in [-0.2, -0.15) is 0 Å². The van der Waals surface area contributed by atoms with Crippen molar-refractivity contribution in [2.45, 2.75) is 13.2 Å². The molecule has 0 fully saturated rings. The Morgan fingerprint density at radius 2 is 2.29 bits per heavy atom. The number of aliphatic imine (C=N–C) groups is 1. The van der Waals surface area contributed by atoms with Crippen molar-refractivity contribution >= 4 is 16.7 Å². The Hall–Kier alpha value is 0.300. The molecule has 0 aliphatic carbocycles. The van der Waals surface area contributed by atoms with E-state index in [-0.39, 0.29) is 29.6 Å². The molecule has 1 aliphatic rings. The fourth-order valence-corrected chi connectivity index (χ4v) is 0.834. The molecule has 1 unspecified atom stereocenters. The molecule has 1 heterocycles. The van der Waals surface area contributed by atoms with E-state index in [2.05, 4.69) is 14.5 Å². The molecule has 7 nitrogen and oxygen atoms in total.